The van der Waals surface area contributed by atoms with Gasteiger partial charge in [-0.1, -0.05) is 0 Å². The van der Waals surface area contributed by atoms with Crippen LogP contribution in [-0.2, 0) is 4.79 Å². The Labute approximate surface area is 53.5 Å². The summed E-state index contributed by atoms with van der Waals surface area (Å²) in [6.45, 7) is 0. The Kier molecular flexibility index (Phi) is 3.64. The van der Waals surface area contributed by atoms with E-state index < -0.39 is 6.10 Å². The molecule has 0 aromatic carbocycles. The lowest BCUT2D eigenvalue weighted by Crippen LogP contribution is -2.32. The zero-order valence-electron chi connectivity index (χ0n) is 4.59. The van der Waals surface area contributed by atoms with Gasteiger partial charge in [0.1, 0.15) is 6.10 Å². The molecule has 0 aliphatic rings. The molecule has 1 unspecified atom stereocenters. The Balaban J connectivity index is 3.46. The van der Waals surface area contributed by atoms with Crippen molar-refractivity contribution in [1.29, 1.82) is 0 Å². The quantitative estimate of drug-likeness (QED) is 0.426. The standard InChI is InChI=1S/C4H9NO2S/c1-5-4(7)3(6)2-8/h3,6,8H,2H2,1H3,(H,5,7). The summed E-state index contributed by atoms with van der Waals surface area (Å²) in [5, 5.41) is 10.9. The van der Waals surface area contributed by atoms with Crippen LogP contribution in [0, 0.1) is 0 Å². The number of aliphatic hydroxyl groups is 1. The maximum absolute atomic E-state index is 10.3. The van der Waals surface area contributed by atoms with Gasteiger partial charge in [0.2, 0.25) is 5.91 Å². The fourth-order valence-corrected chi connectivity index (χ4v) is 0.415. The topological polar surface area (TPSA) is 49.3 Å². The van der Waals surface area contributed by atoms with Crippen LogP contribution in [0.4, 0.5) is 0 Å². The molecule has 8 heavy (non-hydrogen) atoms. The van der Waals surface area contributed by atoms with Crippen molar-refractivity contribution in [2.24, 2.45) is 0 Å². The molecule has 1 atom stereocenters. The summed E-state index contributed by atoms with van der Waals surface area (Å²) >= 11 is 3.70. The van der Waals surface area contributed by atoms with Crippen LogP contribution in [-0.4, -0.2) is 29.9 Å². The van der Waals surface area contributed by atoms with E-state index in [0.29, 0.717) is 0 Å². The first-order valence-corrected chi connectivity index (χ1v) is 2.86. The Morgan fingerprint density at radius 3 is 2.62 bits per heavy atom. The summed E-state index contributed by atoms with van der Waals surface area (Å²) in [5.74, 6) is -0.223. The Hall–Kier alpha value is -0.220. The van der Waals surface area contributed by atoms with Crippen LogP contribution in [0.15, 0.2) is 0 Å². The highest BCUT2D eigenvalue weighted by molar-refractivity contribution is 7.80. The number of likely N-dealkylation sites (N-methyl/N-ethyl adjacent to an activating group) is 1. The predicted octanol–water partition coefficient (Wildman–Crippen LogP) is -0.977. The van der Waals surface area contributed by atoms with Crippen molar-refractivity contribution in [2.45, 2.75) is 6.10 Å². The van der Waals surface area contributed by atoms with Gasteiger partial charge in [0.05, 0.1) is 0 Å². The summed E-state index contributed by atoms with van der Waals surface area (Å²) in [7, 11) is 1.47. The zero-order valence-corrected chi connectivity index (χ0v) is 5.48. The highest BCUT2D eigenvalue weighted by Crippen LogP contribution is 1.84. The molecule has 0 saturated heterocycles. The minimum atomic E-state index is -0.969. The zero-order chi connectivity index (χ0) is 6.57. The third kappa shape index (κ3) is 2.18. The number of carbonyl (C=O) groups excluding carboxylic acids is 1. The van der Waals surface area contributed by atoms with E-state index in [9.17, 15) is 4.79 Å². The molecule has 1 amide bonds. The third-order valence-electron chi connectivity index (χ3n) is 0.722. The average molecular weight is 135 g/mol. The second-order valence-corrected chi connectivity index (χ2v) is 1.68. The Bertz CT molecular complexity index is 86.1. The van der Waals surface area contributed by atoms with Crippen molar-refractivity contribution < 1.29 is 9.90 Å². The van der Waals surface area contributed by atoms with Gasteiger partial charge in [-0.15, -0.1) is 0 Å². The molecular weight excluding hydrogens is 126 g/mol. The number of hydrogen-bond donors (Lipinski definition) is 3. The van der Waals surface area contributed by atoms with Gasteiger partial charge in [-0.25, -0.2) is 0 Å². The molecule has 0 radical (unpaired) electrons. The van der Waals surface area contributed by atoms with Gasteiger partial charge < -0.3 is 10.4 Å². The fourth-order valence-electron chi connectivity index (χ4n) is 0.250. The van der Waals surface area contributed by atoms with Gasteiger partial charge in [-0.2, -0.15) is 12.6 Å². The van der Waals surface area contributed by atoms with Crippen molar-refractivity contribution in [3.63, 3.8) is 0 Å². The number of nitrogens with one attached hydrogen (secondary N) is 1. The highest BCUT2D eigenvalue weighted by atomic mass is 32.1. The van der Waals surface area contributed by atoms with E-state index in [1.165, 1.54) is 7.05 Å². The smallest absolute Gasteiger partial charge is 0.249 e. The lowest BCUT2D eigenvalue weighted by atomic mass is 10.4. The van der Waals surface area contributed by atoms with E-state index in [2.05, 4.69) is 17.9 Å². The maximum Gasteiger partial charge on any atom is 0.249 e. The molecule has 0 aromatic heterocycles. The Morgan fingerprint density at radius 1 is 2.00 bits per heavy atom. The number of carbonyl (C=O) groups is 1. The van der Waals surface area contributed by atoms with E-state index in [-0.39, 0.29) is 11.7 Å². The van der Waals surface area contributed by atoms with Crippen molar-refractivity contribution in [2.75, 3.05) is 12.8 Å². The second-order valence-electron chi connectivity index (χ2n) is 1.31. The predicted molar refractivity (Wildman–Crippen MR) is 33.9 cm³/mol. The van der Waals surface area contributed by atoms with Crippen LogP contribution < -0.4 is 5.32 Å². The van der Waals surface area contributed by atoms with Gasteiger partial charge >= 0.3 is 0 Å². The number of aliphatic hydroxyl groups excluding tert-OH is 1. The van der Waals surface area contributed by atoms with Gasteiger partial charge in [-0.05, 0) is 0 Å². The first-order valence-electron chi connectivity index (χ1n) is 2.23. The third-order valence-corrected chi connectivity index (χ3v) is 1.07. The molecule has 0 aliphatic carbocycles. The van der Waals surface area contributed by atoms with E-state index in [0.717, 1.165) is 0 Å². The fraction of sp³-hybridized carbons (Fsp3) is 0.750. The molecule has 0 aliphatic heterocycles. The summed E-state index contributed by atoms with van der Waals surface area (Å²) < 4.78 is 0. The first kappa shape index (κ1) is 7.78. The van der Waals surface area contributed by atoms with E-state index in [1.807, 2.05) is 0 Å². The molecule has 4 heteroatoms. The highest BCUT2D eigenvalue weighted by Gasteiger charge is 2.08. The van der Waals surface area contributed by atoms with Crippen LogP contribution in [0.1, 0.15) is 0 Å². The lowest BCUT2D eigenvalue weighted by molar-refractivity contribution is -0.127. The molecule has 0 rings (SSSR count). The number of hydrogen-bond acceptors (Lipinski definition) is 3. The van der Waals surface area contributed by atoms with Crippen molar-refractivity contribution in [1.82, 2.24) is 5.32 Å². The van der Waals surface area contributed by atoms with E-state index in [4.69, 9.17) is 5.11 Å². The van der Waals surface area contributed by atoms with Gasteiger partial charge in [0, 0.05) is 12.8 Å². The van der Waals surface area contributed by atoms with Gasteiger partial charge in [-0.3, -0.25) is 4.79 Å². The summed E-state index contributed by atoms with van der Waals surface area (Å²) in [5.41, 5.74) is 0. The monoisotopic (exact) mass is 135 g/mol. The normalized spacial score (nSPS) is 12.9. The van der Waals surface area contributed by atoms with Crippen LogP contribution in [0.25, 0.3) is 0 Å². The molecule has 0 fully saturated rings. The lowest BCUT2D eigenvalue weighted by Gasteiger charge is -2.02. The minimum absolute atomic E-state index is 0.166. The molecule has 0 heterocycles. The van der Waals surface area contributed by atoms with Gasteiger partial charge in [0.15, 0.2) is 0 Å². The van der Waals surface area contributed by atoms with Gasteiger partial charge in [0.25, 0.3) is 0 Å². The molecular formula is C4H9NO2S. The van der Waals surface area contributed by atoms with Crippen molar-refractivity contribution in [3.8, 4) is 0 Å². The Morgan fingerprint density at radius 2 is 2.50 bits per heavy atom. The van der Waals surface area contributed by atoms with E-state index >= 15 is 0 Å². The first-order chi connectivity index (χ1) is 3.72. The summed E-state index contributed by atoms with van der Waals surface area (Å²) in [4.78, 5) is 10.3. The molecule has 3 nitrogen and oxygen atoms in total. The molecule has 0 bridgehead atoms. The van der Waals surface area contributed by atoms with Crippen molar-refractivity contribution >= 4 is 18.5 Å². The number of thiol groups is 1. The SMILES string of the molecule is CNC(=O)C(O)CS. The molecule has 2 N–H and O–H groups in total. The maximum atomic E-state index is 10.3. The molecule has 0 aromatic rings. The summed E-state index contributed by atoms with van der Waals surface area (Å²) in [6.07, 6.45) is -0.969. The largest absolute Gasteiger partial charge is 0.382 e. The number of rotatable bonds is 2. The minimum Gasteiger partial charge on any atom is -0.382 e. The van der Waals surface area contributed by atoms with Crippen LogP contribution in [0.2, 0.25) is 0 Å². The second kappa shape index (κ2) is 3.74. The summed E-state index contributed by atoms with van der Waals surface area (Å²) in [6, 6.07) is 0. The van der Waals surface area contributed by atoms with E-state index in [1.54, 1.807) is 0 Å². The molecule has 48 valence electrons. The van der Waals surface area contributed by atoms with Crippen molar-refractivity contribution in [3.05, 3.63) is 0 Å². The average Bonchev–Trinajstić information content (AvgIpc) is 1.84. The van der Waals surface area contributed by atoms with Crippen LogP contribution in [0.5, 0.6) is 0 Å². The van der Waals surface area contributed by atoms with Crippen LogP contribution >= 0.6 is 12.6 Å². The van der Waals surface area contributed by atoms with Crippen LogP contribution in [0.3, 0.4) is 0 Å². The molecule has 0 saturated carbocycles. The molecule has 0 spiro atoms. The number of amides is 1.